The summed E-state index contributed by atoms with van der Waals surface area (Å²) in [6, 6.07) is 9.51. The number of nitrogens with two attached hydrogens (primary N) is 1. The van der Waals surface area contributed by atoms with Crippen LogP contribution >= 0.6 is 0 Å². The lowest BCUT2D eigenvalue weighted by atomic mass is 10.2. The second-order valence-electron chi connectivity index (χ2n) is 7.24. The van der Waals surface area contributed by atoms with Gasteiger partial charge in [-0.2, -0.15) is 0 Å². The molecule has 2 heterocycles. The van der Waals surface area contributed by atoms with Crippen molar-refractivity contribution in [1.29, 1.82) is 0 Å². The van der Waals surface area contributed by atoms with Gasteiger partial charge in [-0.1, -0.05) is 12.6 Å². The highest BCUT2D eigenvalue weighted by molar-refractivity contribution is 5.96. The van der Waals surface area contributed by atoms with Crippen molar-refractivity contribution in [3.05, 3.63) is 84.1 Å². The number of nitrogens with zero attached hydrogens (tertiary/aromatic N) is 1. The Labute approximate surface area is 198 Å². The zero-order valence-corrected chi connectivity index (χ0v) is 18.1. The first-order valence-corrected chi connectivity index (χ1v) is 10.2. The SMILES string of the molecule is C=C[C@@H](Oc1ccc(CNC(=O)c2cc(F)cnc2Oc2ccc3c(c2)OCO3)c(F)c1)C(N)=O. The molecule has 1 aliphatic rings. The van der Waals surface area contributed by atoms with E-state index in [1.54, 1.807) is 18.2 Å². The summed E-state index contributed by atoms with van der Waals surface area (Å²) in [5, 5.41) is 2.50. The fourth-order valence-corrected chi connectivity index (χ4v) is 3.11. The lowest BCUT2D eigenvalue weighted by Gasteiger charge is -2.14. The number of primary amides is 1. The number of carbonyl (C=O) groups excluding carboxylic acids is 2. The third-order valence-electron chi connectivity index (χ3n) is 4.84. The van der Waals surface area contributed by atoms with Gasteiger partial charge < -0.3 is 30.0 Å². The quantitative estimate of drug-likeness (QED) is 0.448. The Balaban J connectivity index is 1.46. The van der Waals surface area contributed by atoms with Gasteiger partial charge in [0.25, 0.3) is 11.8 Å². The van der Waals surface area contributed by atoms with Gasteiger partial charge in [-0.3, -0.25) is 9.59 Å². The van der Waals surface area contributed by atoms with Crippen LogP contribution in [0.3, 0.4) is 0 Å². The predicted molar refractivity (Wildman–Crippen MR) is 118 cm³/mol. The zero-order valence-electron chi connectivity index (χ0n) is 18.1. The molecular formula is C24H19F2N3O6. The Kier molecular flexibility index (Phi) is 6.76. The van der Waals surface area contributed by atoms with E-state index in [0.29, 0.717) is 11.5 Å². The van der Waals surface area contributed by atoms with Gasteiger partial charge >= 0.3 is 0 Å². The highest BCUT2D eigenvalue weighted by Crippen LogP contribution is 2.36. The minimum Gasteiger partial charge on any atom is -0.476 e. The van der Waals surface area contributed by atoms with Crippen LogP contribution in [0.2, 0.25) is 0 Å². The average Bonchev–Trinajstić information content (AvgIpc) is 3.30. The van der Waals surface area contributed by atoms with Crippen LogP contribution in [-0.2, 0) is 11.3 Å². The minimum atomic E-state index is -1.12. The predicted octanol–water partition coefficient (Wildman–Crippen LogP) is 3.23. The molecule has 2 aromatic carbocycles. The standard InChI is InChI=1S/C24H19F2N3O6/c1-2-19(22(27)30)34-15-4-3-13(18(26)8-15)10-28-23(31)17-7-14(25)11-29-24(17)35-16-5-6-20-21(9-16)33-12-32-20/h2-9,11,19H,1,10,12H2,(H2,27,30)(H,28,31)/t19-/m1/s1. The molecule has 2 amide bonds. The number of hydrogen-bond donors (Lipinski definition) is 2. The van der Waals surface area contributed by atoms with Gasteiger partial charge in [0.1, 0.15) is 28.7 Å². The molecule has 0 radical (unpaired) electrons. The molecule has 0 spiro atoms. The lowest BCUT2D eigenvalue weighted by molar-refractivity contribution is -0.122. The molecule has 9 nitrogen and oxygen atoms in total. The summed E-state index contributed by atoms with van der Waals surface area (Å²) >= 11 is 0. The first-order valence-electron chi connectivity index (χ1n) is 10.2. The fourth-order valence-electron chi connectivity index (χ4n) is 3.11. The molecule has 1 aromatic heterocycles. The molecule has 0 aliphatic carbocycles. The highest BCUT2D eigenvalue weighted by Gasteiger charge is 2.20. The fraction of sp³-hybridized carbons (Fsp3) is 0.125. The summed E-state index contributed by atoms with van der Waals surface area (Å²) in [4.78, 5) is 27.9. The Morgan fingerprint density at radius 1 is 1.14 bits per heavy atom. The normalized spacial score (nSPS) is 12.5. The van der Waals surface area contributed by atoms with Gasteiger partial charge in [-0.15, -0.1) is 0 Å². The van der Waals surface area contributed by atoms with E-state index < -0.39 is 29.6 Å². The van der Waals surface area contributed by atoms with Gasteiger partial charge in [0.15, 0.2) is 17.6 Å². The summed E-state index contributed by atoms with van der Waals surface area (Å²) in [7, 11) is 0. The van der Waals surface area contributed by atoms with Crippen molar-refractivity contribution in [1.82, 2.24) is 10.3 Å². The van der Waals surface area contributed by atoms with E-state index in [-0.39, 0.29) is 41.8 Å². The van der Waals surface area contributed by atoms with Gasteiger partial charge in [-0.25, -0.2) is 13.8 Å². The monoisotopic (exact) mass is 483 g/mol. The number of hydrogen-bond acceptors (Lipinski definition) is 7. The largest absolute Gasteiger partial charge is 0.476 e. The Hall–Kier alpha value is -4.67. The number of benzene rings is 2. The summed E-state index contributed by atoms with van der Waals surface area (Å²) in [5.41, 5.74) is 5.08. The maximum absolute atomic E-state index is 14.5. The number of nitrogens with one attached hydrogen (secondary N) is 1. The van der Waals surface area contributed by atoms with E-state index in [9.17, 15) is 18.4 Å². The van der Waals surface area contributed by atoms with Gasteiger partial charge in [0.05, 0.1) is 6.20 Å². The minimum absolute atomic E-state index is 0.0509. The van der Waals surface area contributed by atoms with Crippen LogP contribution in [0, 0.1) is 11.6 Å². The number of ether oxygens (including phenoxy) is 4. The van der Waals surface area contributed by atoms with Crippen LogP contribution in [0.5, 0.6) is 28.9 Å². The molecule has 180 valence electrons. The molecule has 0 fully saturated rings. The number of amides is 2. The van der Waals surface area contributed by atoms with Crippen LogP contribution < -0.4 is 30.0 Å². The zero-order chi connectivity index (χ0) is 24.9. The van der Waals surface area contributed by atoms with Gasteiger partial charge in [-0.05, 0) is 30.3 Å². The van der Waals surface area contributed by atoms with Crippen molar-refractivity contribution in [2.75, 3.05) is 6.79 Å². The van der Waals surface area contributed by atoms with E-state index >= 15 is 0 Å². The number of aromatic nitrogens is 1. The van der Waals surface area contributed by atoms with E-state index in [2.05, 4.69) is 16.9 Å². The van der Waals surface area contributed by atoms with Crippen LogP contribution in [0.25, 0.3) is 0 Å². The maximum atomic E-state index is 14.5. The molecule has 3 aromatic rings. The molecule has 0 bridgehead atoms. The van der Waals surface area contributed by atoms with Crippen LogP contribution in [0.4, 0.5) is 8.78 Å². The Morgan fingerprint density at radius 2 is 1.91 bits per heavy atom. The molecule has 11 heteroatoms. The first kappa shape index (κ1) is 23.5. The van der Waals surface area contributed by atoms with E-state index in [1.165, 1.54) is 18.2 Å². The lowest BCUT2D eigenvalue weighted by Crippen LogP contribution is -2.31. The molecule has 0 saturated carbocycles. The van der Waals surface area contributed by atoms with Crippen molar-refractivity contribution in [3.63, 3.8) is 0 Å². The van der Waals surface area contributed by atoms with E-state index in [4.69, 9.17) is 24.7 Å². The number of fused-ring (bicyclic) bond motifs is 1. The molecule has 0 unspecified atom stereocenters. The summed E-state index contributed by atoms with van der Waals surface area (Å²) < 4.78 is 49.8. The smallest absolute Gasteiger partial charge is 0.262 e. The van der Waals surface area contributed by atoms with Crippen LogP contribution in [-0.4, -0.2) is 29.7 Å². The molecule has 3 N–H and O–H groups in total. The summed E-state index contributed by atoms with van der Waals surface area (Å²) in [5.74, 6) is -1.81. The third-order valence-corrected chi connectivity index (χ3v) is 4.84. The van der Waals surface area contributed by atoms with Crippen molar-refractivity contribution < 1.29 is 37.3 Å². The molecule has 4 rings (SSSR count). The Bertz CT molecular complexity index is 1300. The third kappa shape index (κ3) is 5.46. The number of halogens is 2. The molecule has 35 heavy (non-hydrogen) atoms. The van der Waals surface area contributed by atoms with Crippen molar-refractivity contribution >= 4 is 11.8 Å². The first-order chi connectivity index (χ1) is 16.8. The van der Waals surface area contributed by atoms with Crippen LogP contribution in [0.1, 0.15) is 15.9 Å². The number of pyridine rings is 1. The van der Waals surface area contributed by atoms with Crippen molar-refractivity contribution in [2.45, 2.75) is 12.6 Å². The van der Waals surface area contributed by atoms with E-state index in [0.717, 1.165) is 18.3 Å². The highest BCUT2D eigenvalue weighted by atomic mass is 19.1. The topological polar surface area (TPSA) is 122 Å². The van der Waals surface area contributed by atoms with E-state index in [1.807, 2.05) is 0 Å². The van der Waals surface area contributed by atoms with Gasteiger partial charge in [0.2, 0.25) is 12.7 Å². The molecule has 0 saturated heterocycles. The van der Waals surface area contributed by atoms with Crippen molar-refractivity contribution in [3.8, 4) is 28.9 Å². The Morgan fingerprint density at radius 3 is 2.66 bits per heavy atom. The average molecular weight is 483 g/mol. The molecule has 1 atom stereocenters. The van der Waals surface area contributed by atoms with Gasteiger partial charge in [0, 0.05) is 24.2 Å². The van der Waals surface area contributed by atoms with Crippen LogP contribution in [0.15, 0.2) is 61.3 Å². The second kappa shape index (κ2) is 10.1. The van der Waals surface area contributed by atoms with Crippen molar-refractivity contribution in [2.24, 2.45) is 5.73 Å². The number of rotatable bonds is 9. The maximum Gasteiger partial charge on any atom is 0.262 e. The summed E-state index contributed by atoms with van der Waals surface area (Å²) in [6.45, 7) is 3.27. The molecular weight excluding hydrogens is 464 g/mol. The summed E-state index contributed by atoms with van der Waals surface area (Å²) in [6.07, 6.45) is 0.966. The second-order valence-corrected chi connectivity index (χ2v) is 7.24. The number of carbonyl (C=O) groups is 2. The molecule has 1 aliphatic heterocycles.